The Bertz CT molecular complexity index is 646. The van der Waals surface area contributed by atoms with E-state index in [2.05, 4.69) is 40.2 Å². The Morgan fingerprint density at radius 1 is 0.882 bits per heavy atom. The highest BCUT2D eigenvalue weighted by Crippen LogP contribution is 2.31. The monoisotopic (exact) mass is 303 g/mol. The van der Waals surface area contributed by atoms with Crippen molar-refractivity contribution in [1.29, 1.82) is 4.78 Å². The number of halogens is 1. The third-order valence-electron chi connectivity index (χ3n) is 2.77. The van der Waals surface area contributed by atoms with Crippen LogP contribution in [0, 0.1) is 4.78 Å². The van der Waals surface area contributed by atoms with Gasteiger partial charge in [0.1, 0.15) is 0 Å². The van der Waals surface area contributed by atoms with Crippen molar-refractivity contribution in [3.8, 4) is 0 Å². The van der Waals surface area contributed by atoms with Gasteiger partial charge in [-0.1, -0.05) is 46.3 Å². The molecule has 1 nitrogen and oxygen atoms in total. The minimum absolute atomic E-state index is 0.599. The predicted molar refractivity (Wildman–Crippen MR) is 76.1 cm³/mol. The second kappa shape index (κ2) is 4.24. The van der Waals surface area contributed by atoms with Crippen molar-refractivity contribution in [1.82, 2.24) is 0 Å². The lowest BCUT2D eigenvalue weighted by molar-refractivity contribution is 1.34. The Morgan fingerprint density at radius 2 is 1.59 bits per heavy atom. The summed E-state index contributed by atoms with van der Waals surface area (Å²) < 4.78 is 9.48. The van der Waals surface area contributed by atoms with Crippen LogP contribution in [0.5, 0.6) is 0 Å². The SMILES string of the molecule is N=S1c2ccccc2C=Cc2cc(Br)ccc21. The smallest absolute Gasteiger partial charge is 0.0302 e. The number of hydrogen-bond donors (Lipinski definition) is 1. The van der Waals surface area contributed by atoms with Gasteiger partial charge in [-0.15, -0.1) is 0 Å². The number of fused-ring (bicyclic) bond motifs is 2. The molecule has 0 radical (unpaired) electrons. The molecule has 17 heavy (non-hydrogen) atoms. The fraction of sp³-hybridized carbons (Fsp3) is 0. The van der Waals surface area contributed by atoms with Crippen molar-refractivity contribution < 1.29 is 0 Å². The zero-order valence-electron chi connectivity index (χ0n) is 8.98. The average molecular weight is 304 g/mol. The second-order valence-electron chi connectivity index (χ2n) is 3.86. The number of hydrogen-bond acceptors (Lipinski definition) is 1. The van der Waals surface area contributed by atoms with E-state index >= 15 is 0 Å². The lowest BCUT2D eigenvalue weighted by Gasteiger charge is -2.09. The molecule has 84 valence electrons. The van der Waals surface area contributed by atoms with Crippen molar-refractivity contribution in [2.24, 2.45) is 0 Å². The molecule has 0 spiro atoms. The Labute approximate surface area is 111 Å². The molecule has 0 aromatic heterocycles. The number of benzene rings is 2. The standard InChI is InChI=1S/C14H10BrNS/c15-12-7-8-14-11(9-12)6-5-10-3-1-2-4-13(10)17(14)16/h1-9,16H. The zero-order valence-corrected chi connectivity index (χ0v) is 11.4. The van der Waals surface area contributed by atoms with E-state index in [1.165, 1.54) is 0 Å². The van der Waals surface area contributed by atoms with E-state index in [0.717, 1.165) is 25.4 Å². The van der Waals surface area contributed by atoms with Gasteiger partial charge in [0.15, 0.2) is 0 Å². The highest BCUT2D eigenvalue weighted by atomic mass is 79.9. The molecular formula is C14H10BrNS. The Hall–Kier alpha value is -1.19. The van der Waals surface area contributed by atoms with E-state index in [4.69, 9.17) is 4.78 Å². The maximum absolute atomic E-state index is 8.42. The van der Waals surface area contributed by atoms with E-state index in [0.29, 0.717) is 0 Å². The molecule has 1 heterocycles. The van der Waals surface area contributed by atoms with Crippen molar-refractivity contribution in [3.63, 3.8) is 0 Å². The van der Waals surface area contributed by atoms with Gasteiger partial charge < -0.3 is 0 Å². The van der Waals surface area contributed by atoms with Gasteiger partial charge in [-0.25, -0.2) is 0 Å². The summed E-state index contributed by atoms with van der Waals surface area (Å²) in [5, 5.41) is 0. The topological polar surface area (TPSA) is 23.9 Å². The van der Waals surface area contributed by atoms with Gasteiger partial charge in [-0.05, 0) is 46.1 Å². The fourth-order valence-electron chi connectivity index (χ4n) is 1.94. The van der Waals surface area contributed by atoms with E-state index in [1.807, 2.05) is 30.3 Å². The molecule has 0 saturated carbocycles. The van der Waals surface area contributed by atoms with Gasteiger partial charge in [0.2, 0.25) is 0 Å². The highest BCUT2D eigenvalue weighted by molar-refractivity contribution is 9.10. The summed E-state index contributed by atoms with van der Waals surface area (Å²) in [5.74, 6) is 0. The largest absolute Gasteiger partial charge is 0.271 e. The molecule has 2 aromatic rings. The van der Waals surface area contributed by atoms with Crippen molar-refractivity contribution in [3.05, 3.63) is 58.1 Å². The van der Waals surface area contributed by atoms with Crippen LogP contribution >= 0.6 is 15.9 Å². The summed E-state index contributed by atoms with van der Waals surface area (Å²) in [4.78, 5) is 2.19. The minimum atomic E-state index is -0.599. The van der Waals surface area contributed by atoms with E-state index in [1.54, 1.807) is 0 Å². The van der Waals surface area contributed by atoms with Crippen molar-refractivity contribution >= 4 is 38.8 Å². The Balaban J connectivity index is 2.28. The maximum Gasteiger partial charge on any atom is 0.0302 e. The molecule has 1 atom stereocenters. The summed E-state index contributed by atoms with van der Waals surface area (Å²) in [6, 6.07) is 14.3. The Morgan fingerprint density at radius 3 is 2.47 bits per heavy atom. The first-order valence-electron chi connectivity index (χ1n) is 5.28. The molecule has 0 fully saturated rings. The van der Waals surface area contributed by atoms with Crippen LogP contribution in [0.25, 0.3) is 12.2 Å². The van der Waals surface area contributed by atoms with Crippen LogP contribution in [0.2, 0.25) is 0 Å². The molecule has 1 unspecified atom stereocenters. The molecule has 1 aliphatic rings. The second-order valence-corrected chi connectivity index (χ2v) is 6.27. The third-order valence-corrected chi connectivity index (χ3v) is 4.89. The van der Waals surface area contributed by atoms with Crippen LogP contribution in [0.1, 0.15) is 11.1 Å². The molecule has 0 aliphatic carbocycles. The van der Waals surface area contributed by atoms with Crippen LogP contribution in [0.15, 0.2) is 56.7 Å². The quantitative estimate of drug-likeness (QED) is 0.621. The summed E-state index contributed by atoms with van der Waals surface area (Å²) in [5.41, 5.74) is 2.28. The lowest BCUT2D eigenvalue weighted by atomic mass is 10.1. The van der Waals surface area contributed by atoms with Crippen LogP contribution in [0.4, 0.5) is 0 Å². The van der Waals surface area contributed by atoms with Crippen LogP contribution in [-0.4, -0.2) is 0 Å². The molecule has 3 rings (SSSR count). The summed E-state index contributed by atoms with van der Waals surface area (Å²) in [6.07, 6.45) is 4.20. The first-order valence-corrected chi connectivity index (χ1v) is 7.30. The number of nitrogens with one attached hydrogen (secondary N) is 1. The lowest BCUT2D eigenvalue weighted by Crippen LogP contribution is -1.94. The molecule has 1 aliphatic heterocycles. The Kier molecular flexibility index (Phi) is 2.73. The van der Waals surface area contributed by atoms with Crippen molar-refractivity contribution in [2.45, 2.75) is 9.79 Å². The van der Waals surface area contributed by atoms with Crippen LogP contribution in [-0.2, 0) is 10.7 Å². The summed E-state index contributed by atoms with van der Waals surface area (Å²) >= 11 is 3.48. The molecule has 0 amide bonds. The fourth-order valence-corrected chi connectivity index (χ4v) is 3.71. The first-order chi connectivity index (χ1) is 8.25. The van der Waals surface area contributed by atoms with E-state index in [9.17, 15) is 0 Å². The molecule has 0 bridgehead atoms. The molecule has 1 N–H and O–H groups in total. The average Bonchev–Trinajstić information content (AvgIpc) is 2.48. The molecular weight excluding hydrogens is 294 g/mol. The van der Waals surface area contributed by atoms with Gasteiger partial charge in [0, 0.05) is 14.3 Å². The summed E-state index contributed by atoms with van der Waals surface area (Å²) in [7, 11) is -0.599. The predicted octanol–water partition coefficient (Wildman–Crippen LogP) is 4.73. The molecule has 3 heteroatoms. The molecule has 0 saturated heterocycles. The first kappa shape index (κ1) is 10.9. The van der Waals surface area contributed by atoms with E-state index < -0.39 is 10.7 Å². The number of rotatable bonds is 0. The van der Waals surface area contributed by atoms with E-state index in [-0.39, 0.29) is 0 Å². The van der Waals surface area contributed by atoms with Gasteiger partial charge in [0.05, 0.1) is 0 Å². The van der Waals surface area contributed by atoms with Gasteiger partial charge >= 0.3 is 0 Å². The minimum Gasteiger partial charge on any atom is -0.271 e. The zero-order chi connectivity index (χ0) is 11.8. The van der Waals surface area contributed by atoms with Gasteiger partial charge in [0.25, 0.3) is 0 Å². The van der Waals surface area contributed by atoms with Crippen LogP contribution in [0.3, 0.4) is 0 Å². The normalized spacial score (nSPS) is 17.1. The molecule has 2 aromatic carbocycles. The highest BCUT2D eigenvalue weighted by Gasteiger charge is 2.13. The maximum atomic E-state index is 8.42. The van der Waals surface area contributed by atoms with Gasteiger partial charge in [-0.3, -0.25) is 4.78 Å². The summed E-state index contributed by atoms with van der Waals surface area (Å²) in [6.45, 7) is 0. The third kappa shape index (κ3) is 1.90. The van der Waals surface area contributed by atoms with Crippen LogP contribution < -0.4 is 0 Å². The van der Waals surface area contributed by atoms with Gasteiger partial charge in [-0.2, -0.15) is 0 Å². The van der Waals surface area contributed by atoms with Crippen molar-refractivity contribution in [2.75, 3.05) is 0 Å².